The molecule has 0 aliphatic carbocycles. The molecule has 1 amide bonds. The van der Waals surface area contributed by atoms with Crippen molar-refractivity contribution >= 4 is 33.6 Å². The maximum Gasteiger partial charge on any atom is 0.407 e. The van der Waals surface area contributed by atoms with Gasteiger partial charge in [-0.1, -0.05) is 39.7 Å². The number of amides is 1. The van der Waals surface area contributed by atoms with Crippen LogP contribution in [0.3, 0.4) is 0 Å². The summed E-state index contributed by atoms with van der Waals surface area (Å²) in [5.41, 5.74) is 2.19. The highest BCUT2D eigenvalue weighted by Crippen LogP contribution is 2.28. The lowest BCUT2D eigenvalue weighted by atomic mass is 10.1. The van der Waals surface area contributed by atoms with Crippen LogP contribution in [0.25, 0.3) is 0 Å². The molecule has 5 nitrogen and oxygen atoms in total. The van der Waals surface area contributed by atoms with Crippen LogP contribution in [-0.2, 0) is 13.2 Å². The number of hydrogen-bond donors (Lipinski definition) is 1. The smallest absolute Gasteiger partial charge is 0.407 e. The van der Waals surface area contributed by atoms with Gasteiger partial charge in [-0.25, -0.2) is 4.79 Å². The molecule has 2 aromatic carbocycles. The van der Waals surface area contributed by atoms with E-state index >= 15 is 0 Å². The summed E-state index contributed by atoms with van der Waals surface area (Å²) in [4.78, 5) is 14.8. The molecule has 28 heavy (non-hydrogen) atoms. The Morgan fingerprint density at radius 1 is 1.32 bits per heavy atom. The van der Waals surface area contributed by atoms with Crippen LogP contribution in [0.15, 0.2) is 46.9 Å². The maximum absolute atomic E-state index is 11.0. The van der Waals surface area contributed by atoms with E-state index in [1.165, 1.54) is 4.90 Å². The summed E-state index contributed by atoms with van der Waals surface area (Å²) in [7, 11) is 1.63. The first-order valence-corrected chi connectivity index (χ1v) is 10.4. The first-order valence-electron chi connectivity index (χ1n) is 9.23. The highest BCUT2D eigenvalue weighted by molar-refractivity contribution is 9.10. The number of halogens is 2. The third-order valence-corrected chi connectivity index (χ3v) is 5.70. The molecule has 1 fully saturated rings. The Labute approximate surface area is 179 Å². The molecule has 0 bridgehead atoms. The quantitative estimate of drug-likeness (QED) is 0.614. The van der Waals surface area contributed by atoms with Crippen molar-refractivity contribution < 1.29 is 14.6 Å². The zero-order valence-corrected chi connectivity index (χ0v) is 18.1. The number of carboxylic acid groups (broad SMARTS) is 1. The Hall–Kier alpha value is -1.76. The van der Waals surface area contributed by atoms with Crippen molar-refractivity contribution in [3.8, 4) is 5.75 Å². The Bertz CT molecular complexity index is 816. The van der Waals surface area contributed by atoms with Crippen LogP contribution in [0.1, 0.15) is 17.5 Å². The zero-order valence-electron chi connectivity index (χ0n) is 15.8. The van der Waals surface area contributed by atoms with Gasteiger partial charge in [0.2, 0.25) is 0 Å². The molecule has 1 atom stereocenters. The zero-order chi connectivity index (χ0) is 20.1. The van der Waals surface area contributed by atoms with Gasteiger partial charge in [0.05, 0.1) is 0 Å². The van der Waals surface area contributed by atoms with Crippen molar-refractivity contribution in [3.05, 3.63) is 63.1 Å². The maximum atomic E-state index is 11.0. The van der Waals surface area contributed by atoms with Crippen molar-refractivity contribution in [2.24, 2.45) is 5.92 Å². The van der Waals surface area contributed by atoms with Gasteiger partial charge in [0, 0.05) is 41.7 Å². The van der Waals surface area contributed by atoms with Gasteiger partial charge in [-0.3, -0.25) is 4.90 Å². The largest absolute Gasteiger partial charge is 0.489 e. The molecule has 1 saturated heterocycles. The number of carbonyl (C=O) groups is 1. The molecule has 0 radical (unpaired) electrons. The van der Waals surface area contributed by atoms with E-state index < -0.39 is 6.09 Å². The van der Waals surface area contributed by atoms with E-state index in [4.69, 9.17) is 21.4 Å². The number of rotatable bonds is 7. The van der Waals surface area contributed by atoms with Crippen LogP contribution in [0.5, 0.6) is 5.75 Å². The van der Waals surface area contributed by atoms with E-state index in [1.54, 1.807) is 7.05 Å². The molecule has 7 heteroatoms. The second-order valence-electron chi connectivity index (χ2n) is 7.22. The molecular weight excluding hydrogens is 444 g/mol. The highest BCUT2D eigenvalue weighted by atomic mass is 79.9. The molecule has 3 rings (SSSR count). The highest BCUT2D eigenvalue weighted by Gasteiger charge is 2.25. The van der Waals surface area contributed by atoms with E-state index in [0.717, 1.165) is 47.4 Å². The Balaban J connectivity index is 1.61. The van der Waals surface area contributed by atoms with Gasteiger partial charge in [0.15, 0.2) is 0 Å². The topological polar surface area (TPSA) is 53.0 Å². The minimum Gasteiger partial charge on any atom is -0.489 e. The van der Waals surface area contributed by atoms with Gasteiger partial charge in [0.1, 0.15) is 12.4 Å². The van der Waals surface area contributed by atoms with Crippen LogP contribution in [0, 0.1) is 5.92 Å². The number of likely N-dealkylation sites (tertiary alicyclic amines) is 1. The van der Waals surface area contributed by atoms with Gasteiger partial charge < -0.3 is 14.7 Å². The van der Waals surface area contributed by atoms with Gasteiger partial charge in [-0.15, -0.1) is 0 Å². The van der Waals surface area contributed by atoms with E-state index in [0.29, 0.717) is 24.1 Å². The lowest BCUT2D eigenvalue weighted by Gasteiger charge is -2.21. The fourth-order valence-electron chi connectivity index (χ4n) is 3.47. The van der Waals surface area contributed by atoms with Crippen molar-refractivity contribution in [1.29, 1.82) is 0 Å². The second-order valence-corrected chi connectivity index (χ2v) is 8.57. The summed E-state index contributed by atoms with van der Waals surface area (Å²) in [6.45, 7) is 3.69. The normalized spacial score (nSPS) is 16.9. The summed E-state index contributed by atoms with van der Waals surface area (Å²) in [5.74, 6) is 1.23. The Kier molecular flexibility index (Phi) is 7.21. The van der Waals surface area contributed by atoms with E-state index in [2.05, 4.69) is 26.9 Å². The molecule has 1 aliphatic rings. The Morgan fingerprint density at radius 2 is 2.07 bits per heavy atom. The Morgan fingerprint density at radius 3 is 2.79 bits per heavy atom. The van der Waals surface area contributed by atoms with Crippen LogP contribution >= 0.6 is 27.5 Å². The summed E-state index contributed by atoms with van der Waals surface area (Å²) < 4.78 is 7.09. The number of ether oxygens (including phenoxy) is 1. The van der Waals surface area contributed by atoms with Gasteiger partial charge in [-0.2, -0.15) is 0 Å². The predicted molar refractivity (Wildman–Crippen MR) is 114 cm³/mol. The van der Waals surface area contributed by atoms with Crippen molar-refractivity contribution in [2.45, 2.75) is 19.6 Å². The average molecular weight is 468 g/mol. The van der Waals surface area contributed by atoms with Crippen LogP contribution in [0.4, 0.5) is 4.79 Å². The summed E-state index contributed by atoms with van der Waals surface area (Å²) in [6, 6.07) is 13.7. The van der Waals surface area contributed by atoms with Crippen LogP contribution in [0.2, 0.25) is 5.02 Å². The average Bonchev–Trinajstić information content (AvgIpc) is 3.09. The first-order chi connectivity index (χ1) is 13.4. The molecule has 0 aromatic heterocycles. The third kappa shape index (κ3) is 5.87. The SMILES string of the molecule is CN(CC1CCN(Cc2cc(Br)ccc2OCc2ccc(Cl)cc2)C1)C(=O)O. The molecule has 1 unspecified atom stereocenters. The van der Waals surface area contributed by atoms with Crippen molar-refractivity contribution in [3.63, 3.8) is 0 Å². The summed E-state index contributed by atoms with van der Waals surface area (Å²) in [5, 5.41) is 9.77. The predicted octanol–water partition coefficient (Wildman–Crippen LogP) is 5.11. The summed E-state index contributed by atoms with van der Waals surface area (Å²) in [6.07, 6.45) is 0.135. The van der Waals surface area contributed by atoms with Gasteiger partial charge in [0.25, 0.3) is 0 Å². The minimum atomic E-state index is -0.872. The molecule has 0 spiro atoms. The number of benzene rings is 2. The monoisotopic (exact) mass is 466 g/mol. The minimum absolute atomic E-state index is 0.367. The number of hydrogen-bond acceptors (Lipinski definition) is 3. The second kappa shape index (κ2) is 9.63. The number of nitrogens with zero attached hydrogens (tertiary/aromatic N) is 2. The van der Waals surface area contributed by atoms with Crippen molar-refractivity contribution in [2.75, 3.05) is 26.7 Å². The van der Waals surface area contributed by atoms with Crippen LogP contribution in [-0.4, -0.2) is 47.7 Å². The lowest BCUT2D eigenvalue weighted by Crippen LogP contribution is -2.31. The molecule has 2 aromatic rings. The van der Waals surface area contributed by atoms with Gasteiger partial charge in [-0.05, 0) is 54.8 Å². The molecule has 1 N–H and O–H groups in total. The molecule has 150 valence electrons. The van der Waals surface area contributed by atoms with Crippen LogP contribution < -0.4 is 4.74 Å². The lowest BCUT2D eigenvalue weighted by molar-refractivity contribution is 0.148. The molecule has 1 heterocycles. The fourth-order valence-corrected chi connectivity index (χ4v) is 4.00. The molecule has 1 aliphatic heterocycles. The van der Waals surface area contributed by atoms with Gasteiger partial charge >= 0.3 is 6.09 Å². The van der Waals surface area contributed by atoms with E-state index in [-0.39, 0.29) is 0 Å². The summed E-state index contributed by atoms with van der Waals surface area (Å²) >= 11 is 9.49. The van der Waals surface area contributed by atoms with E-state index in [1.807, 2.05) is 36.4 Å². The standard InChI is InChI=1S/C21H24BrClN2O3/c1-24(21(26)27)11-16-8-9-25(12-16)13-17-10-18(22)4-7-20(17)28-14-15-2-5-19(23)6-3-15/h2-7,10,16H,8-9,11-14H2,1H3,(H,26,27). The molecular formula is C21H24BrClN2O3. The van der Waals surface area contributed by atoms with E-state index in [9.17, 15) is 4.79 Å². The fraction of sp³-hybridized carbons (Fsp3) is 0.381. The third-order valence-electron chi connectivity index (χ3n) is 4.95. The van der Waals surface area contributed by atoms with Crippen molar-refractivity contribution in [1.82, 2.24) is 9.80 Å². The molecule has 0 saturated carbocycles. The first kappa shape index (κ1) is 21.0.